The number of aromatic nitrogens is 2. The third-order valence-corrected chi connectivity index (χ3v) is 3.86. The highest BCUT2D eigenvalue weighted by molar-refractivity contribution is 9.10. The van der Waals surface area contributed by atoms with Gasteiger partial charge in [0.05, 0.1) is 11.0 Å². The van der Waals surface area contributed by atoms with E-state index in [1.807, 2.05) is 12.1 Å². The van der Waals surface area contributed by atoms with Gasteiger partial charge in [-0.25, -0.2) is 4.98 Å². The van der Waals surface area contributed by atoms with Crippen LogP contribution in [0.3, 0.4) is 0 Å². The fourth-order valence-corrected chi connectivity index (χ4v) is 2.68. The van der Waals surface area contributed by atoms with Gasteiger partial charge in [-0.15, -0.1) is 0 Å². The Labute approximate surface area is 122 Å². The van der Waals surface area contributed by atoms with Crippen LogP contribution in [0, 0.1) is 0 Å². The number of fused-ring (bicyclic) bond motifs is 1. The number of hydrogen-bond donors (Lipinski definition) is 1. The maximum Gasteiger partial charge on any atom is 0.201 e. The Bertz CT molecular complexity index is 550. The van der Waals surface area contributed by atoms with Crippen LogP contribution in [0.2, 0.25) is 0 Å². The van der Waals surface area contributed by atoms with Gasteiger partial charge in [0.15, 0.2) is 0 Å². The first-order valence-electron chi connectivity index (χ1n) is 6.79. The maximum atomic E-state index is 6.02. The first kappa shape index (κ1) is 14.3. The number of hydrogen-bond acceptors (Lipinski definition) is 3. The van der Waals surface area contributed by atoms with Gasteiger partial charge in [0.1, 0.15) is 0 Å². The molecule has 0 saturated carbocycles. The summed E-state index contributed by atoms with van der Waals surface area (Å²) in [6.07, 6.45) is 1.18. The lowest BCUT2D eigenvalue weighted by molar-refractivity contribution is 0.278. The van der Waals surface area contributed by atoms with Crippen molar-refractivity contribution < 1.29 is 0 Å². The molecule has 1 aromatic carbocycles. The van der Waals surface area contributed by atoms with E-state index in [1.165, 1.54) is 6.42 Å². The minimum atomic E-state index is 0.598. The van der Waals surface area contributed by atoms with E-state index in [2.05, 4.69) is 50.3 Å². The van der Waals surface area contributed by atoms with E-state index < -0.39 is 0 Å². The molecule has 0 unspecified atom stereocenters. The Morgan fingerprint density at radius 3 is 2.79 bits per heavy atom. The molecule has 0 aliphatic rings. The van der Waals surface area contributed by atoms with Crippen LogP contribution in [-0.4, -0.2) is 34.1 Å². The normalized spacial score (nSPS) is 11.6. The summed E-state index contributed by atoms with van der Waals surface area (Å²) in [6, 6.07) is 6.07. The van der Waals surface area contributed by atoms with Gasteiger partial charge >= 0.3 is 0 Å². The topological polar surface area (TPSA) is 47.1 Å². The van der Waals surface area contributed by atoms with Crippen molar-refractivity contribution >= 4 is 32.9 Å². The van der Waals surface area contributed by atoms with Gasteiger partial charge in [-0.05, 0) is 37.7 Å². The molecule has 5 heteroatoms. The number of nitrogens with two attached hydrogens (primary N) is 1. The van der Waals surface area contributed by atoms with E-state index in [1.54, 1.807) is 0 Å². The molecule has 1 heterocycles. The Morgan fingerprint density at radius 1 is 1.32 bits per heavy atom. The van der Waals surface area contributed by atoms with Gasteiger partial charge in [-0.2, -0.15) is 0 Å². The predicted molar refractivity (Wildman–Crippen MR) is 84.3 cm³/mol. The second-order valence-corrected chi connectivity index (χ2v) is 5.60. The highest BCUT2D eigenvalue weighted by Crippen LogP contribution is 2.22. The van der Waals surface area contributed by atoms with Crippen molar-refractivity contribution in [1.29, 1.82) is 0 Å². The molecule has 2 aromatic rings. The summed E-state index contributed by atoms with van der Waals surface area (Å²) in [5.74, 6) is 0.598. The van der Waals surface area contributed by atoms with Crippen molar-refractivity contribution in [3.8, 4) is 0 Å². The molecule has 0 atom stereocenters. The van der Waals surface area contributed by atoms with Gasteiger partial charge in [-0.1, -0.05) is 29.8 Å². The minimum Gasteiger partial charge on any atom is -0.369 e. The third-order valence-electron chi connectivity index (χ3n) is 3.37. The zero-order valence-electron chi connectivity index (χ0n) is 11.6. The molecule has 2 rings (SSSR count). The minimum absolute atomic E-state index is 0.598. The molecule has 0 bridgehead atoms. The lowest BCUT2D eigenvalue weighted by Crippen LogP contribution is -2.28. The van der Waals surface area contributed by atoms with Crippen LogP contribution in [0.15, 0.2) is 22.7 Å². The molecule has 19 heavy (non-hydrogen) atoms. The summed E-state index contributed by atoms with van der Waals surface area (Å²) in [5, 5.41) is 0. The number of likely N-dealkylation sites (N-methyl/N-ethyl adjacent to an activating group) is 1. The first-order chi connectivity index (χ1) is 9.15. The molecule has 0 spiro atoms. The fourth-order valence-electron chi connectivity index (χ4n) is 2.34. The Kier molecular flexibility index (Phi) is 4.82. The van der Waals surface area contributed by atoms with E-state index in [0.29, 0.717) is 5.95 Å². The summed E-state index contributed by atoms with van der Waals surface area (Å²) in [5.41, 5.74) is 8.08. The molecule has 0 radical (unpaired) electrons. The Hall–Kier alpha value is -1.07. The van der Waals surface area contributed by atoms with Crippen LogP contribution < -0.4 is 5.73 Å². The molecule has 104 valence electrons. The van der Waals surface area contributed by atoms with Gasteiger partial charge in [0.2, 0.25) is 5.95 Å². The molecule has 0 amide bonds. The van der Waals surface area contributed by atoms with Crippen LogP contribution >= 0.6 is 15.9 Å². The number of halogens is 1. The molecule has 0 saturated heterocycles. The summed E-state index contributed by atoms with van der Waals surface area (Å²) in [7, 11) is 0. The number of benzene rings is 1. The predicted octanol–water partition coefficient (Wildman–Crippen LogP) is 3.11. The quantitative estimate of drug-likeness (QED) is 0.888. The largest absolute Gasteiger partial charge is 0.369 e. The summed E-state index contributed by atoms with van der Waals surface area (Å²) in [6.45, 7) is 8.50. The number of nitrogen functional groups attached to an aromatic ring is 1. The molecule has 0 fully saturated rings. The molecular weight excluding hydrogens is 304 g/mol. The van der Waals surface area contributed by atoms with Gasteiger partial charge < -0.3 is 15.2 Å². The lowest BCUT2D eigenvalue weighted by Gasteiger charge is -2.20. The number of nitrogens with zero attached hydrogens (tertiary/aromatic N) is 3. The zero-order chi connectivity index (χ0) is 13.8. The second kappa shape index (κ2) is 6.39. The van der Waals surface area contributed by atoms with Gasteiger partial charge in [0, 0.05) is 17.6 Å². The Morgan fingerprint density at radius 2 is 2.11 bits per heavy atom. The summed E-state index contributed by atoms with van der Waals surface area (Å²) >= 11 is 3.50. The van der Waals surface area contributed by atoms with Crippen LogP contribution in [0.25, 0.3) is 11.0 Å². The number of rotatable bonds is 6. The van der Waals surface area contributed by atoms with Crippen LogP contribution in [-0.2, 0) is 6.54 Å². The standard InChI is InChI=1S/C14H21BrN4/c1-3-7-18(4-2)8-9-19-13-10-11(15)5-6-12(13)17-14(19)16/h5-6,10H,3-4,7-9H2,1-2H3,(H2,16,17). The fraction of sp³-hybridized carbons (Fsp3) is 0.500. The van der Waals surface area contributed by atoms with Crippen LogP contribution in [0.5, 0.6) is 0 Å². The molecule has 1 aromatic heterocycles. The van der Waals surface area contributed by atoms with Crippen molar-refractivity contribution in [2.75, 3.05) is 25.4 Å². The molecule has 0 aliphatic carbocycles. The number of anilines is 1. The Balaban J connectivity index is 2.19. The molecule has 4 nitrogen and oxygen atoms in total. The van der Waals surface area contributed by atoms with Gasteiger partial charge in [-0.3, -0.25) is 0 Å². The summed E-state index contributed by atoms with van der Waals surface area (Å²) in [4.78, 5) is 6.84. The third kappa shape index (κ3) is 3.28. The highest BCUT2D eigenvalue weighted by atomic mass is 79.9. The monoisotopic (exact) mass is 324 g/mol. The number of imidazole rings is 1. The summed E-state index contributed by atoms with van der Waals surface area (Å²) < 4.78 is 3.15. The second-order valence-electron chi connectivity index (χ2n) is 4.69. The average molecular weight is 325 g/mol. The average Bonchev–Trinajstić information content (AvgIpc) is 2.70. The zero-order valence-corrected chi connectivity index (χ0v) is 13.2. The highest BCUT2D eigenvalue weighted by Gasteiger charge is 2.09. The van der Waals surface area contributed by atoms with E-state index in [-0.39, 0.29) is 0 Å². The molecule has 2 N–H and O–H groups in total. The molecular formula is C14H21BrN4. The van der Waals surface area contributed by atoms with Crippen LogP contribution in [0.4, 0.5) is 5.95 Å². The first-order valence-corrected chi connectivity index (χ1v) is 7.58. The van der Waals surface area contributed by atoms with E-state index >= 15 is 0 Å². The van der Waals surface area contributed by atoms with Gasteiger partial charge in [0.25, 0.3) is 0 Å². The smallest absolute Gasteiger partial charge is 0.201 e. The van der Waals surface area contributed by atoms with Crippen LogP contribution in [0.1, 0.15) is 20.3 Å². The van der Waals surface area contributed by atoms with E-state index in [4.69, 9.17) is 5.73 Å². The van der Waals surface area contributed by atoms with Crippen molar-refractivity contribution in [1.82, 2.24) is 14.5 Å². The lowest BCUT2D eigenvalue weighted by atomic mass is 10.3. The van der Waals surface area contributed by atoms with E-state index in [0.717, 1.165) is 41.7 Å². The van der Waals surface area contributed by atoms with Crippen molar-refractivity contribution in [3.05, 3.63) is 22.7 Å². The molecule has 0 aliphatic heterocycles. The van der Waals surface area contributed by atoms with Crippen molar-refractivity contribution in [2.24, 2.45) is 0 Å². The SMILES string of the molecule is CCCN(CC)CCn1c(N)nc2ccc(Br)cc21. The van der Waals surface area contributed by atoms with Crippen molar-refractivity contribution in [2.45, 2.75) is 26.8 Å². The van der Waals surface area contributed by atoms with E-state index in [9.17, 15) is 0 Å². The van der Waals surface area contributed by atoms with Crippen molar-refractivity contribution in [3.63, 3.8) is 0 Å². The maximum absolute atomic E-state index is 6.02.